The molecule has 1 N–H and O–H groups in total. The van der Waals surface area contributed by atoms with Gasteiger partial charge in [-0.3, -0.25) is 0 Å². The Balaban J connectivity index is 2.61. The first-order valence-corrected chi connectivity index (χ1v) is 5.42. The van der Waals surface area contributed by atoms with Crippen LogP contribution < -0.4 is 5.32 Å². The van der Waals surface area contributed by atoms with Gasteiger partial charge in [0.05, 0.1) is 5.69 Å². The van der Waals surface area contributed by atoms with Gasteiger partial charge in [-0.15, -0.1) is 0 Å². The molecule has 1 heterocycles. The summed E-state index contributed by atoms with van der Waals surface area (Å²) < 4.78 is 5.42. The summed E-state index contributed by atoms with van der Waals surface area (Å²) in [4.78, 5) is 4.23. The van der Waals surface area contributed by atoms with Crippen LogP contribution in [0.4, 0.5) is 0 Å². The summed E-state index contributed by atoms with van der Waals surface area (Å²) in [7, 11) is 0. The van der Waals surface area contributed by atoms with Crippen molar-refractivity contribution in [3.63, 3.8) is 0 Å². The van der Waals surface area contributed by atoms with Gasteiger partial charge < -0.3 is 9.73 Å². The average molecular weight is 196 g/mol. The van der Waals surface area contributed by atoms with Gasteiger partial charge in [0.15, 0.2) is 6.39 Å². The van der Waals surface area contributed by atoms with Crippen molar-refractivity contribution in [1.82, 2.24) is 10.3 Å². The van der Waals surface area contributed by atoms with E-state index in [1.165, 1.54) is 6.42 Å². The molecule has 0 saturated heterocycles. The smallest absolute Gasteiger partial charge is 0.181 e. The van der Waals surface area contributed by atoms with Gasteiger partial charge in [-0.25, -0.2) is 4.98 Å². The Kier molecular flexibility index (Phi) is 4.66. The Morgan fingerprint density at radius 1 is 1.50 bits per heavy atom. The van der Waals surface area contributed by atoms with E-state index in [0.29, 0.717) is 5.92 Å². The van der Waals surface area contributed by atoms with E-state index in [1.54, 1.807) is 6.39 Å². The van der Waals surface area contributed by atoms with Crippen LogP contribution in [0.1, 0.15) is 51.0 Å². The molecular weight excluding hydrogens is 176 g/mol. The van der Waals surface area contributed by atoms with E-state index in [1.807, 2.05) is 0 Å². The third-order valence-corrected chi connectivity index (χ3v) is 2.38. The van der Waals surface area contributed by atoms with E-state index in [9.17, 15) is 0 Å². The highest BCUT2D eigenvalue weighted by Gasteiger charge is 2.14. The first-order chi connectivity index (χ1) is 6.79. The maximum Gasteiger partial charge on any atom is 0.181 e. The van der Waals surface area contributed by atoms with Gasteiger partial charge in [-0.05, 0) is 13.0 Å². The first-order valence-electron chi connectivity index (χ1n) is 5.42. The van der Waals surface area contributed by atoms with Crippen LogP contribution in [-0.4, -0.2) is 11.5 Å². The molecule has 1 aromatic rings. The maximum atomic E-state index is 5.42. The Morgan fingerprint density at radius 2 is 2.29 bits per heavy atom. The van der Waals surface area contributed by atoms with Crippen molar-refractivity contribution >= 4 is 0 Å². The predicted octanol–water partition coefficient (Wildman–Crippen LogP) is 2.69. The van der Waals surface area contributed by atoms with Crippen LogP contribution in [-0.2, 0) is 6.54 Å². The second-order valence-electron chi connectivity index (χ2n) is 3.63. The lowest BCUT2D eigenvalue weighted by molar-refractivity contribution is 0.451. The van der Waals surface area contributed by atoms with E-state index in [4.69, 9.17) is 4.42 Å². The SMILES string of the molecule is CCCC(C)c1ocnc1CNCC. The molecule has 0 amide bonds. The molecule has 0 fully saturated rings. The van der Waals surface area contributed by atoms with E-state index in [2.05, 4.69) is 31.1 Å². The van der Waals surface area contributed by atoms with Gasteiger partial charge in [-0.2, -0.15) is 0 Å². The number of nitrogens with one attached hydrogen (secondary N) is 1. The molecule has 0 saturated carbocycles. The quantitative estimate of drug-likeness (QED) is 0.760. The third kappa shape index (κ3) is 2.84. The Morgan fingerprint density at radius 3 is 2.93 bits per heavy atom. The van der Waals surface area contributed by atoms with Gasteiger partial charge in [0.1, 0.15) is 5.76 Å². The summed E-state index contributed by atoms with van der Waals surface area (Å²) in [6.45, 7) is 8.26. The average Bonchev–Trinajstić information content (AvgIpc) is 2.63. The van der Waals surface area contributed by atoms with Gasteiger partial charge in [0.2, 0.25) is 0 Å². The van der Waals surface area contributed by atoms with Crippen LogP contribution in [0.2, 0.25) is 0 Å². The fraction of sp³-hybridized carbons (Fsp3) is 0.727. The van der Waals surface area contributed by atoms with Crippen molar-refractivity contribution in [2.75, 3.05) is 6.54 Å². The van der Waals surface area contributed by atoms with Crippen molar-refractivity contribution in [2.45, 2.75) is 46.1 Å². The molecule has 80 valence electrons. The summed E-state index contributed by atoms with van der Waals surface area (Å²) in [6, 6.07) is 0. The standard InChI is InChI=1S/C11H20N2O/c1-4-6-9(3)11-10(7-12-5-2)13-8-14-11/h8-9,12H,4-7H2,1-3H3. The summed E-state index contributed by atoms with van der Waals surface area (Å²) in [5.74, 6) is 1.53. The lowest BCUT2D eigenvalue weighted by Crippen LogP contribution is -2.13. The molecule has 0 radical (unpaired) electrons. The lowest BCUT2D eigenvalue weighted by atomic mass is 10.0. The second kappa shape index (κ2) is 5.81. The summed E-state index contributed by atoms with van der Waals surface area (Å²) >= 11 is 0. The van der Waals surface area contributed by atoms with Crippen LogP contribution >= 0.6 is 0 Å². The van der Waals surface area contributed by atoms with Crippen LogP contribution in [0.5, 0.6) is 0 Å². The molecule has 1 unspecified atom stereocenters. The molecular formula is C11H20N2O. The molecule has 14 heavy (non-hydrogen) atoms. The first kappa shape index (κ1) is 11.2. The fourth-order valence-electron chi connectivity index (χ4n) is 1.62. The summed E-state index contributed by atoms with van der Waals surface area (Å²) in [5, 5.41) is 3.27. The zero-order chi connectivity index (χ0) is 10.4. The van der Waals surface area contributed by atoms with Crippen LogP contribution in [0.15, 0.2) is 10.8 Å². The minimum Gasteiger partial charge on any atom is -0.448 e. The second-order valence-corrected chi connectivity index (χ2v) is 3.63. The minimum atomic E-state index is 0.483. The highest BCUT2D eigenvalue weighted by molar-refractivity contribution is 5.11. The predicted molar refractivity (Wildman–Crippen MR) is 57.2 cm³/mol. The zero-order valence-corrected chi connectivity index (χ0v) is 9.34. The van der Waals surface area contributed by atoms with Crippen LogP contribution in [0.25, 0.3) is 0 Å². The van der Waals surface area contributed by atoms with Gasteiger partial charge in [-0.1, -0.05) is 27.2 Å². The van der Waals surface area contributed by atoms with Gasteiger partial charge in [0, 0.05) is 12.5 Å². The molecule has 0 aliphatic rings. The summed E-state index contributed by atoms with van der Waals surface area (Å²) in [6.07, 6.45) is 3.89. The number of rotatable bonds is 6. The minimum absolute atomic E-state index is 0.483. The molecule has 0 bridgehead atoms. The van der Waals surface area contributed by atoms with E-state index in [0.717, 1.165) is 31.0 Å². The fourth-order valence-corrected chi connectivity index (χ4v) is 1.62. The Bertz CT molecular complexity index is 258. The number of hydrogen-bond acceptors (Lipinski definition) is 3. The number of aromatic nitrogens is 1. The molecule has 0 spiro atoms. The molecule has 1 rings (SSSR count). The highest BCUT2D eigenvalue weighted by atomic mass is 16.3. The Hall–Kier alpha value is -0.830. The number of hydrogen-bond donors (Lipinski definition) is 1. The van der Waals surface area contributed by atoms with Crippen molar-refractivity contribution in [3.05, 3.63) is 17.8 Å². The van der Waals surface area contributed by atoms with Crippen molar-refractivity contribution in [1.29, 1.82) is 0 Å². The molecule has 1 atom stereocenters. The van der Waals surface area contributed by atoms with Crippen LogP contribution in [0, 0.1) is 0 Å². The Labute approximate surface area is 85.9 Å². The maximum absolute atomic E-state index is 5.42. The normalized spacial score (nSPS) is 13.1. The van der Waals surface area contributed by atoms with Crippen molar-refractivity contribution < 1.29 is 4.42 Å². The molecule has 1 aromatic heterocycles. The van der Waals surface area contributed by atoms with Crippen LogP contribution in [0.3, 0.4) is 0 Å². The summed E-state index contributed by atoms with van der Waals surface area (Å²) in [5.41, 5.74) is 1.06. The number of oxazole rings is 1. The van der Waals surface area contributed by atoms with E-state index in [-0.39, 0.29) is 0 Å². The lowest BCUT2D eigenvalue weighted by Gasteiger charge is -2.08. The van der Waals surface area contributed by atoms with E-state index >= 15 is 0 Å². The van der Waals surface area contributed by atoms with Gasteiger partial charge in [0.25, 0.3) is 0 Å². The molecule has 3 heteroatoms. The largest absolute Gasteiger partial charge is 0.448 e. The highest BCUT2D eigenvalue weighted by Crippen LogP contribution is 2.23. The topological polar surface area (TPSA) is 38.1 Å². The van der Waals surface area contributed by atoms with E-state index < -0.39 is 0 Å². The number of nitrogens with zero attached hydrogens (tertiary/aromatic N) is 1. The van der Waals surface area contributed by atoms with Crippen molar-refractivity contribution in [2.24, 2.45) is 0 Å². The van der Waals surface area contributed by atoms with Gasteiger partial charge >= 0.3 is 0 Å². The molecule has 0 aliphatic carbocycles. The zero-order valence-electron chi connectivity index (χ0n) is 9.34. The van der Waals surface area contributed by atoms with Crippen molar-refractivity contribution in [3.8, 4) is 0 Å². The molecule has 3 nitrogen and oxygen atoms in total. The molecule has 0 aromatic carbocycles. The monoisotopic (exact) mass is 196 g/mol. The molecule has 0 aliphatic heterocycles. The third-order valence-electron chi connectivity index (χ3n) is 2.38.